The summed E-state index contributed by atoms with van der Waals surface area (Å²) in [5, 5.41) is 12.1. The summed E-state index contributed by atoms with van der Waals surface area (Å²) in [7, 11) is 0. The topological polar surface area (TPSA) is 83.7 Å². The van der Waals surface area contributed by atoms with Crippen LogP contribution in [0.4, 0.5) is 0 Å². The van der Waals surface area contributed by atoms with Crippen molar-refractivity contribution >= 4 is 52.5 Å². The molecule has 0 saturated carbocycles. The third kappa shape index (κ3) is 3.05. The zero-order valence-electron chi connectivity index (χ0n) is 14.4. The molecule has 2 N–H and O–H groups in total. The Kier molecular flexibility index (Phi) is 4.62. The minimum absolute atomic E-state index is 0.175. The van der Waals surface area contributed by atoms with Crippen molar-refractivity contribution in [2.24, 2.45) is 4.99 Å². The summed E-state index contributed by atoms with van der Waals surface area (Å²) in [5.74, 6) is -1.33. The second kappa shape index (κ2) is 6.97. The lowest BCUT2D eigenvalue weighted by Gasteiger charge is -2.08. The Balaban J connectivity index is 1.82. The number of fused-ring (bicyclic) bond motifs is 1. The monoisotopic (exact) mass is 429 g/mol. The molecular formula is C19H12ClN3O3S2. The summed E-state index contributed by atoms with van der Waals surface area (Å²) in [5.41, 5.74) is 3.98. The Morgan fingerprint density at radius 3 is 2.79 bits per heavy atom. The van der Waals surface area contributed by atoms with E-state index in [1.807, 2.05) is 19.1 Å². The number of aromatic hydroxyl groups is 1. The molecule has 1 aliphatic heterocycles. The maximum Gasteiger partial charge on any atom is 0.279 e. The first-order valence-electron chi connectivity index (χ1n) is 8.12. The molecule has 0 bridgehead atoms. The first-order valence-corrected chi connectivity index (χ1v) is 9.72. The number of halogens is 1. The number of hydrogen-bond acceptors (Lipinski definition) is 5. The van der Waals surface area contributed by atoms with E-state index in [0.29, 0.717) is 10.6 Å². The van der Waals surface area contributed by atoms with Crippen LogP contribution in [0.15, 0.2) is 47.5 Å². The first kappa shape index (κ1) is 18.5. The Morgan fingerprint density at radius 1 is 1.29 bits per heavy atom. The van der Waals surface area contributed by atoms with Gasteiger partial charge in [-0.15, -0.1) is 0 Å². The van der Waals surface area contributed by atoms with Crippen LogP contribution >= 0.6 is 35.2 Å². The molecule has 6 nitrogen and oxygen atoms in total. The molecule has 2 aromatic carbocycles. The third-order valence-corrected chi connectivity index (χ3v) is 5.91. The number of amides is 2. The highest BCUT2D eigenvalue weighted by molar-refractivity contribution is 7.73. The van der Waals surface area contributed by atoms with Gasteiger partial charge in [-0.3, -0.25) is 15.0 Å². The summed E-state index contributed by atoms with van der Waals surface area (Å²) < 4.78 is 1.24. The van der Waals surface area contributed by atoms with E-state index in [1.165, 1.54) is 0 Å². The Hall–Kier alpha value is -2.81. The summed E-state index contributed by atoms with van der Waals surface area (Å²) in [4.78, 5) is 29.2. The van der Waals surface area contributed by atoms with Crippen molar-refractivity contribution in [3.8, 4) is 5.88 Å². The molecule has 0 spiro atoms. The Bertz CT molecular complexity index is 1340. The van der Waals surface area contributed by atoms with E-state index in [0.717, 1.165) is 21.6 Å². The molecule has 0 atom stereocenters. The Labute approximate surface area is 173 Å². The molecule has 140 valence electrons. The first-order chi connectivity index (χ1) is 13.4. The SMILES string of the molecule is Cc1ccc2c(c1)=C(c1sc(=S)n(NC(=O)c3ccccc3Cl)c1O)C(=O)N=2. The van der Waals surface area contributed by atoms with Gasteiger partial charge in [0.2, 0.25) is 5.88 Å². The number of thiazole rings is 1. The van der Waals surface area contributed by atoms with Crippen LogP contribution in [0.2, 0.25) is 5.02 Å². The number of nitrogens with one attached hydrogen (secondary N) is 1. The minimum Gasteiger partial charge on any atom is -0.492 e. The van der Waals surface area contributed by atoms with Crippen LogP contribution in [-0.2, 0) is 4.79 Å². The molecule has 2 amide bonds. The van der Waals surface area contributed by atoms with Gasteiger partial charge < -0.3 is 5.11 Å². The highest BCUT2D eigenvalue weighted by atomic mass is 35.5. The Morgan fingerprint density at radius 2 is 2.04 bits per heavy atom. The van der Waals surface area contributed by atoms with Crippen molar-refractivity contribution in [3.63, 3.8) is 0 Å². The second-order valence-electron chi connectivity index (χ2n) is 6.09. The summed E-state index contributed by atoms with van der Waals surface area (Å²) in [6, 6.07) is 12.0. The molecule has 1 aromatic heterocycles. The van der Waals surface area contributed by atoms with E-state index in [9.17, 15) is 14.7 Å². The largest absolute Gasteiger partial charge is 0.492 e. The number of aromatic nitrogens is 1. The van der Waals surface area contributed by atoms with E-state index in [-0.39, 0.29) is 30.9 Å². The molecule has 28 heavy (non-hydrogen) atoms. The standard InChI is InChI=1S/C19H12ClN3O3S2/c1-9-6-7-13-11(8-9)14(17(25)21-13)15-18(26)23(19(27)28-15)22-16(24)10-4-2-3-5-12(10)20/h2-8,26H,1H3,(H,22,24). The zero-order chi connectivity index (χ0) is 20.0. The van der Waals surface area contributed by atoms with Gasteiger partial charge >= 0.3 is 0 Å². The van der Waals surface area contributed by atoms with Gasteiger partial charge in [-0.1, -0.05) is 46.7 Å². The lowest BCUT2D eigenvalue weighted by molar-refractivity contribution is -0.112. The average molecular weight is 430 g/mol. The maximum atomic E-state index is 12.5. The molecule has 0 fully saturated rings. The normalized spacial score (nSPS) is 12.6. The predicted molar refractivity (Wildman–Crippen MR) is 109 cm³/mol. The van der Waals surface area contributed by atoms with Gasteiger partial charge in [-0.2, -0.15) is 4.68 Å². The molecule has 2 heterocycles. The van der Waals surface area contributed by atoms with Crippen LogP contribution in [0.25, 0.3) is 5.57 Å². The number of rotatable bonds is 3. The smallest absolute Gasteiger partial charge is 0.279 e. The lowest BCUT2D eigenvalue weighted by atomic mass is 10.1. The lowest BCUT2D eigenvalue weighted by Crippen LogP contribution is -2.24. The number of carbonyl (C=O) groups is 2. The fraction of sp³-hybridized carbons (Fsp3) is 0.0526. The van der Waals surface area contributed by atoms with E-state index < -0.39 is 11.8 Å². The number of benzene rings is 2. The molecule has 3 aromatic rings. The molecule has 9 heteroatoms. The second-order valence-corrected chi connectivity index (χ2v) is 8.14. The van der Waals surface area contributed by atoms with Gasteiger partial charge in [0.1, 0.15) is 4.88 Å². The summed E-state index contributed by atoms with van der Waals surface area (Å²) >= 11 is 12.3. The third-order valence-electron chi connectivity index (χ3n) is 4.20. The van der Waals surface area contributed by atoms with Crippen LogP contribution < -0.4 is 16.0 Å². The van der Waals surface area contributed by atoms with E-state index >= 15 is 0 Å². The van der Waals surface area contributed by atoms with E-state index in [1.54, 1.807) is 30.3 Å². The number of carbonyl (C=O) groups excluding carboxylic acids is 2. The number of aryl methyl sites for hydroxylation is 1. The zero-order valence-corrected chi connectivity index (χ0v) is 16.8. The summed E-state index contributed by atoms with van der Waals surface area (Å²) in [6.07, 6.45) is 0. The molecule has 4 rings (SSSR count). The van der Waals surface area contributed by atoms with Crippen molar-refractivity contribution in [2.75, 3.05) is 5.43 Å². The molecule has 0 unspecified atom stereocenters. The number of hydrogen-bond donors (Lipinski definition) is 2. The fourth-order valence-electron chi connectivity index (χ4n) is 2.88. The van der Waals surface area contributed by atoms with Gasteiger partial charge in [0.25, 0.3) is 11.8 Å². The minimum atomic E-state index is -0.537. The molecule has 1 aliphatic rings. The molecule has 0 saturated heterocycles. The average Bonchev–Trinajstić information content (AvgIpc) is 3.11. The van der Waals surface area contributed by atoms with Crippen molar-refractivity contribution in [2.45, 2.75) is 6.92 Å². The van der Waals surface area contributed by atoms with Gasteiger partial charge in [0.15, 0.2) is 3.95 Å². The highest BCUT2D eigenvalue weighted by Crippen LogP contribution is 2.32. The van der Waals surface area contributed by atoms with Crippen LogP contribution in [0.5, 0.6) is 5.88 Å². The van der Waals surface area contributed by atoms with E-state index in [4.69, 9.17) is 23.8 Å². The van der Waals surface area contributed by atoms with Gasteiger partial charge in [-0.25, -0.2) is 4.99 Å². The van der Waals surface area contributed by atoms with Gasteiger partial charge in [0, 0.05) is 5.22 Å². The van der Waals surface area contributed by atoms with Crippen molar-refractivity contribution < 1.29 is 14.7 Å². The van der Waals surface area contributed by atoms with Crippen LogP contribution in [0.1, 0.15) is 20.8 Å². The highest BCUT2D eigenvalue weighted by Gasteiger charge is 2.26. The van der Waals surface area contributed by atoms with Crippen molar-refractivity contribution in [1.82, 2.24) is 4.68 Å². The maximum absolute atomic E-state index is 12.5. The van der Waals surface area contributed by atoms with E-state index in [2.05, 4.69) is 10.4 Å². The van der Waals surface area contributed by atoms with Gasteiger partial charge in [0.05, 0.1) is 21.5 Å². The summed E-state index contributed by atoms with van der Waals surface area (Å²) in [6.45, 7) is 1.90. The van der Waals surface area contributed by atoms with Crippen molar-refractivity contribution in [1.29, 1.82) is 0 Å². The molecule has 0 radical (unpaired) electrons. The molecule has 0 aliphatic carbocycles. The fourth-order valence-corrected chi connectivity index (χ4v) is 4.37. The van der Waals surface area contributed by atoms with Crippen molar-refractivity contribution in [3.05, 3.63) is 78.0 Å². The predicted octanol–water partition coefficient (Wildman–Crippen LogP) is 2.69. The van der Waals surface area contributed by atoms with Gasteiger partial charge in [-0.05, 0) is 43.4 Å². The van der Waals surface area contributed by atoms with Crippen LogP contribution in [0, 0.1) is 10.9 Å². The molecular weight excluding hydrogens is 418 g/mol. The number of nitrogens with zero attached hydrogens (tertiary/aromatic N) is 2. The van der Waals surface area contributed by atoms with Crippen LogP contribution in [-0.4, -0.2) is 21.6 Å². The van der Waals surface area contributed by atoms with Crippen LogP contribution in [0.3, 0.4) is 0 Å². The quantitative estimate of drug-likeness (QED) is 0.627.